The number of nitrogens with one attached hydrogen (secondary N) is 1. The van der Waals surface area contributed by atoms with E-state index >= 15 is 0 Å². The van der Waals surface area contributed by atoms with Gasteiger partial charge in [-0.15, -0.1) is 0 Å². The SMILES string of the molecule is Cc1cccc(CC(=O)NCC(O)c2cccc3ccccc23)c1. The molecule has 1 atom stereocenters. The summed E-state index contributed by atoms with van der Waals surface area (Å²) in [5.41, 5.74) is 2.95. The van der Waals surface area contributed by atoms with Crippen molar-refractivity contribution < 1.29 is 9.90 Å². The van der Waals surface area contributed by atoms with E-state index in [1.807, 2.05) is 73.7 Å². The second-order valence-electron chi connectivity index (χ2n) is 6.05. The summed E-state index contributed by atoms with van der Waals surface area (Å²) in [6.07, 6.45) is -0.401. The molecule has 0 saturated carbocycles. The molecule has 0 aromatic heterocycles. The predicted octanol–water partition coefficient (Wildman–Crippen LogP) is 3.54. The highest BCUT2D eigenvalue weighted by atomic mass is 16.3. The van der Waals surface area contributed by atoms with E-state index in [4.69, 9.17) is 0 Å². The number of carbonyl (C=O) groups excluding carboxylic acids is 1. The minimum atomic E-state index is -0.724. The van der Waals surface area contributed by atoms with Crippen LogP contribution in [0.4, 0.5) is 0 Å². The Bertz CT molecular complexity index is 852. The van der Waals surface area contributed by atoms with E-state index in [1.165, 1.54) is 0 Å². The van der Waals surface area contributed by atoms with Crippen LogP contribution in [-0.2, 0) is 11.2 Å². The van der Waals surface area contributed by atoms with Crippen LogP contribution in [0.25, 0.3) is 10.8 Å². The molecule has 3 aromatic rings. The number of hydrogen-bond donors (Lipinski definition) is 2. The summed E-state index contributed by atoms with van der Waals surface area (Å²) in [6, 6.07) is 21.7. The number of aryl methyl sites for hydroxylation is 1. The van der Waals surface area contributed by atoms with Gasteiger partial charge in [-0.1, -0.05) is 72.3 Å². The lowest BCUT2D eigenvalue weighted by atomic mass is 10.0. The fourth-order valence-electron chi connectivity index (χ4n) is 2.93. The Balaban J connectivity index is 1.64. The predicted molar refractivity (Wildman–Crippen MR) is 96.8 cm³/mol. The zero-order chi connectivity index (χ0) is 16.9. The molecule has 2 N–H and O–H groups in total. The van der Waals surface area contributed by atoms with Crippen LogP contribution in [0, 0.1) is 6.92 Å². The Labute approximate surface area is 142 Å². The van der Waals surface area contributed by atoms with Crippen molar-refractivity contribution in [3.63, 3.8) is 0 Å². The molecule has 3 nitrogen and oxygen atoms in total. The van der Waals surface area contributed by atoms with Crippen LogP contribution in [0.2, 0.25) is 0 Å². The Kier molecular flexibility index (Phi) is 4.92. The van der Waals surface area contributed by atoms with Gasteiger partial charge in [-0.25, -0.2) is 0 Å². The maximum Gasteiger partial charge on any atom is 0.224 e. The van der Waals surface area contributed by atoms with Gasteiger partial charge in [-0.05, 0) is 28.8 Å². The number of aliphatic hydroxyl groups is 1. The quantitative estimate of drug-likeness (QED) is 0.756. The van der Waals surface area contributed by atoms with Crippen molar-refractivity contribution in [2.24, 2.45) is 0 Å². The molecule has 122 valence electrons. The number of aliphatic hydroxyl groups excluding tert-OH is 1. The second-order valence-corrected chi connectivity index (χ2v) is 6.05. The van der Waals surface area contributed by atoms with Gasteiger partial charge in [0.2, 0.25) is 5.91 Å². The van der Waals surface area contributed by atoms with Crippen LogP contribution in [0.5, 0.6) is 0 Å². The summed E-state index contributed by atoms with van der Waals surface area (Å²) in [6.45, 7) is 2.21. The molecule has 1 amide bonds. The van der Waals surface area contributed by atoms with Crippen molar-refractivity contribution >= 4 is 16.7 Å². The Morgan fingerprint density at radius 3 is 2.62 bits per heavy atom. The first-order valence-corrected chi connectivity index (χ1v) is 8.11. The summed E-state index contributed by atoms with van der Waals surface area (Å²) in [7, 11) is 0. The molecule has 0 aliphatic heterocycles. The second kappa shape index (κ2) is 7.28. The average molecular weight is 319 g/mol. The van der Waals surface area contributed by atoms with E-state index in [-0.39, 0.29) is 12.5 Å². The first-order valence-electron chi connectivity index (χ1n) is 8.11. The highest BCUT2D eigenvalue weighted by Crippen LogP contribution is 2.23. The number of amides is 1. The Morgan fingerprint density at radius 1 is 1.04 bits per heavy atom. The van der Waals surface area contributed by atoms with Gasteiger partial charge in [-0.2, -0.15) is 0 Å². The maximum absolute atomic E-state index is 12.1. The van der Waals surface area contributed by atoms with Crippen LogP contribution in [0.3, 0.4) is 0 Å². The molecule has 0 bridgehead atoms. The lowest BCUT2D eigenvalue weighted by Crippen LogP contribution is -2.29. The molecule has 0 fully saturated rings. The van der Waals surface area contributed by atoms with Crippen molar-refractivity contribution in [3.8, 4) is 0 Å². The largest absolute Gasteiger partial charge is 0.387 e. The van der Waals surface area contributed by atoms with Gasteiger partial charge in [-0.3, -0.25) is 4.79 Å². The van der Waals surface area contributed by atoms with Crippen molar-refractivity contribution in [1.82, 2.24) is 5.32 Å². The minimum Gasteiger partial charge on any atom is -0.387 e. The highest BCUT2D eigenvalue weighted by Gasteiger charge is 2.12. The maximum atomic E-state index is 12.1. The lowest BCUT2D eigenvalue weighted by Gasteiger charge is -2.15. The third-order valence-electron chi connectivity index (χ3n) is 4.12. The van der Waals surface area contributed by atoms with Crippen molar-refractivity contribution in [2.75, 3.05) is 6.54 Å². The van der Waals surface area contributed by atoms with E-state index in [0.29, 0.717) is 6.42 Å². The topological polar surface area (TPSA) is 49.3 Å². The molecule has 0 radical (unpaired) electrons. The summed E-state index contributed by atoms with van der Waals surface area (Å²) in [5.74, 6) is -0.0834. The molecule has 3 aromatic carbocycles. The van der Waals surface area contributed by atoms with E-state index < -0.39 is 6.10 Å². The monoisotopic (exact) mass is 319 g/mol. The fourth-order valence-corrected chi connectivity index (χ4v) is 2.93. The number of rotatable bonds is 5. The summed E-state index contributed by atoms with van der Waals surface area (Å²) in [4.78, 5) is 12.1. The first kappa shape index (κ1) is 16.2. The highest BCUT2D eigenvalue weighted by molar-refractivity contribution is 5.86. The van der Waals surface area contributed by atoms with Crippen molar-refractivity contribution in [2.45, 2.75) is 19.4 Å². The molecular formula is C21H21NO2. The van der Waals surface area contributed by atoms with Gasteiger partial charge in [0, 0.05) is 6.54 Å². The number of carbonyl (C=O) groups is 1. The third kappa shape index (κ3) is 3.81. The fraction of sp³-hybridized carbons (Fsp3) is 0.190. The number of hydrogen-bond acceptors (Lipinski definition) is 2. The molecular weight excluding hydrogens is 298 g/mol. The molecule has 0 aliphatic carbocycles. The van der Waals surface area contributed by atoms with E-state index in [1.54, 1.807) is 0 Å². The first-order chi connectivity index (χ1) is 11.6. The molecule has 0 heterocycles. The van der Waals surface area contributed by atoms with Gasteiger partial charge >= 0.3 is 0 Å². The van der Waals surface area contributed by atoms with Gasteiger partial charge in [0.15, 0.2) is 0 Å². The van der Waals surface area contributed by atoms with Crippen LogP contribution >= 0.6 is 0 Å². The van der Waals surface area contributed by atoms with Crippen LogP contribution in [0.1, 0.15) is 22.8 Å². The minimum absolute atomic E-state index is 0.0834. The molecule has 0 aliphatic rings. The van der Waals surface area contributed by atoms with E-state index in [9.17, 15) is 9.90 Å². The molecule has 24 heavy (non-hydrogen) atoms. The van der Waals surface area contributed by atoms with Gasteiger partial charge in [0.25, 0.3) is 0 Å². The molecule has 0 saturated heterocycles. The van der Waals surface area contributed by atoms with Gasteiger partial charge in [0.05, 0.1) is 12.5 Å². The van der Waals surface area contributed by atoms with E-state index in [2.05, 4.69) is 5.32 Å². The average Bonchev–Trinajstić information content (AvgIpc) is 2.59. The Morgan fingerprint density at radius 2 is 1.79 bits per heavy atom. The Hall–Kier alpha value is -2.65. The smallest absolute Gasteiger partial charge is 0.224 e. The van der Waals surface area contributed by atoms with Gasteiger partial charge < -0.3 is 10.4 Å². The standard InChI is InChI=1S/C21H21NO2/c1-15-6-4-7-16(12-15)13-21(24)22-14-20(23)19-11-5-9-17-8-2-3-10-18(17)19/h2-12,20,23H,13-14H2,1H3,(H,22,24). The zero-order valence-corrected chi connectivity index (χ0v) is 13.7. The van der Waals surface area contributed by atoms with Crippen LogP contribution in [0.15, 0.2) is 66.7 Å². The molecule has 0 spiro atoms. The zero-order valence-electron chi connectivity index (χ0n) is 13.7. The lowest BCUT2D eigenvalue weighted by molar-refractivity contribution is -0.120. The van der Waals surface area contributed by atoms with Crippen molar-refractivity contribution in [1.29, 1.82) is 0 Å². The van der Waals surface area contributed by atoms with E-state index in [0.717, 1.165) is 27.5 Å². The van der Waals surface area contributed by atoms with Crippen molar-refractivity contribution in [3.05, 3.63) is 83.4 Å². The molecule has 3 rings (SSSR count). The normalized spacial score (nSPS) is 12.1. The third-order valence-corrected chi connectivity index (χ3v) is 4.12. The van der Waals surface area contributed by atoms with Gasteiger partial charge in [0.1, 0.15) is 0 Å². The summed E-state index contributed by atoms with van der Waals surface area (Å²) >= 11 is 0. The number of fused-ring (bicyclic) bond motifs is 1. The molecule has 3 heteroatoms. The molecule has 1 unspecified atom stereocenters. The summed E-state index contributed by atoms with van der Waals surface area (Å²) in [5, 5.41) is 15.4. The van der Waals surface area contributed by atoms with Crippen LogP contribution in [-0.4, -0.2) is 17.6 Å². The van der Waals surface area contributed by atoms with Crippen LogP contribution < -0.4 is 5.32 Å². The summed E-state index contributed by atoms with van der Waals surface area (Å²) < 4.78 is 0. The number of benzene rings is 3.